The van der Waals surface area contributed by atoms with E-state index in [1.165, 1.54) is 6.42 Å². The van der Waals surface area contributed by atoms with Gasteiger partial charge in [-0.2, -0.15) is 5.26 Å². The average molecular weight is 274 g/mol. The smallest absolute Gasteiger partial charge is 0.137 e. The van der Waals surface area contributed by atoms with E-state index in [-0.39, 0.29) is 0 Å². The van der Waals surface area contributed by atoms with E-state index in [1.54, 1.807) is 6.07 Å². The molecule has 1 saturated heterocycles. The van der Waals surface area contributed by atoms with Crippen molar-refractivity contribution in [3.05, 3.63) is 29.8 Å². The fourth-order valence-corrected chi connectivity index (χ4v) is 2.66. The number of nitriles is 1. The van der Waals surface area contributed by atoms with E-state index in [1.807, 2.05) is 18.2 Å². The third-order valence-electron chi connectivity index (χ3n) is 3.75. The zero-order valence-electron chi connectivity index (χ0n) is 11.8. The first-order chi connectivity index (χ1) is 9.83. The van der Waals surface area contributed by atoms with Crippen molar-refractivity contribution in [2.45, 2.75) is 19.3 Å². The summed E-state index contributed by atoms with van der Waals surface area (Å²) in [6.07, 6.45) is 3.25. The molecule has 0 aliphatic carbocycles. The summed E-state index contributed by atoms with van der Waals surface area (Å²) in [7, 11) is 0. The van der Waals surface area contributed by atoms with Crippen molar-refractivity contribution in [2.75, 3.05) is 32.8 Å². The summed E-state index contributed by atoms with van der Waals surface area (Å²) in [4.78, 5) is 2.39. The molecule has 0 bridgehead atoms. The lowest BCUT2D eigenvalue weighted by atomic mass is 9.99. The summed E-state index contributed by atoms with van der Waals surface area (Å²) in [6, 6.07) is 9.46. The molecule has 0 radical (unpaired) electrons. The Bertz CT molecular complexity index is 456. The molecule has 1 heterocycles. The number of para-hydroxylation sites is 1. The van der Waals surface area contributed by atoms with Gasteiger partial charge in [-0.3, -0.25) is 0 Å². The van der Waals surface area contributed by atoms with E-state index >= 15 is 0 Å². The van der Waals surface area contributed by atoms with Crippen LogP contribution < -0.4 is 4.74 Å². The Balaban J connectivity index is 1.70. The van der Waals surface area contributed by atoms with E-state index in [2.05, 4.69) is 11.0 Å². The zero-order valence-corrected chi connectivity index (χ0v) is 11.8. The number of hydrogen-bond acceptors (Lipinski definition) is 4. The molecular weight excluding hydrogens is 252 g/mol. The molecule has 2 rings (SSSR count). The van der Waals surface area contributed by atoms with Crippen molar-refractivity contribution in [3.8, 4) is 11.8 Å². The number of ether oxygens (including phenoxy) is 1. The number of benzene rings is 1. The highest BCUT2D eigenvalue weighted by Gasteiger charge is 2.18. The largest absolute Gasteiger partial charge is 0.492 e. The Kier molecular flexibility index (Phi) is 5.85. The second kappa shape index (κ2) is 7.88. The summed E-state index contributed by atoms with van der Waals surface area (Å²) >= 11 is 0. The molecule has 1 unspecified atom stereocenters. The van der Waals surface area contributed by atoms with E-state index in [4.69, 9.17) is 10.00 Å². The van der Waals surface area contributed by atoms with Crippen molar-refractivity contribution in [2.24, 2.45) is 5.92 Å². The third-order valence-corrected chi connectivity index (χ3v) is 3.75. The van der Waals surface area contributed by atoms with Crippen LogP contribution in [0.15, 0.2) is 24.3 Å². The van der Waals surface area contributed by atoms with Gasteiger partial charge < -0.3 is 14.7 Å². The van der Waals surface area contributed by atoms with Crippen LogP contribution in [0.3, 0.4) is 0 Å². The number of likely N-dealkylation sites (tertiary alicyclic amines) is 1. The molecule has 1 aliphatic heterocycles. The minimum absolute atomic E-state index is 0.294. The topological polar surface area (TPSA) is 56.5 Å². The number of hydrogen-bond donors (Lipinski definition) is 1. The van der Waals surface area contributed by atoms with Crippen LogP contribution in [0.2, 0.25) is 0 Å². The van der Waals surface area contributed by atoms with Crippen LogP contribution in [-0.2, 0) is 0 Å². The summed E-state index contributed by atoms with van der Waals surface area (Å²) in [5, 5.41) is 18.2. The number of piperidine rings is 1. The molecule has 0 amide bonds. The lowest BCUT2D eigenvalue weighted by molar-refractivity contribution is 0.115. The number of rotatable bonds is 6. The molecule has 1 aliphatic rings. The van der Waals surface area contributed by atoms with Gasteiger partial charge in [0.1, 0.15) is 11.8 Å². The van der Waals surface area contributed by atoms with Crippen molar-refractivity contribution >= 4 is 0 Å². The number of aliphatic hydroxyl groups is 1. The second-order valence-electron chi connectivity index (χ2n) is 5.30. The molecule has 4 heteroatoms. The molecule has 4 nitrogen and oxygen atoms in total. The molecule has 0 saturated carbocycles. The lowest BCUT2D eigenvalue weighted by Gasteiger charge is -2.31. The van der Waals surface area contributed by atoms with E-state index in [9.17, 15) is 5.11 Å². The van der Waals surface area contributed by atoms with Crippen LogP contribution in [0.1, 0.15) is 24.8 Å². The van der Waals surface area contributed by atoms with Crippen molar-refractivity contribution < 1.29 is 9.84 Å². The third kappa shape index (κ3) is 4.22. The van der Waals surface area contributed by atoms with Gasteiger partial charge in [0, 0.05) is 19.7 Å². The lowest BCUT2D eigenvalue weighted by Crippen LogP contribution is -2.37. The number of aliphatic hydroxyl groups excluding tert-OH is 1. The van der Waals surface area contributed by atoms with Gasteiger partial charge in [0.15, 0.2) is 0 Å². The highest BCUT2D eigenvalue weighted by Crippen LogP contribution is 2.18. The Morgan fingerprint density at radius 2 is 2.25 bits per heavy atom. The van der Waals surface area contributed by atoms with Crippen molar-refractivity contribution in [3.63, 3.8) is 0 Å². The molecule has 1 aromatic rings. The first-order valence-electron chi connectivity index (χ1n) is 7.28. The summed E-state index contributed by atoms with van der Waals surface area (Å²) in [6.45, 7) is 4.02. The zero-order chi connectivity index (χ0) is 14.2. The van der Waals surface area contributed by atoms with Gasteiger partial charge in [0.25, 0.3) is 0 Å². The van der Waals surface area contributed by atoms with E-state index in [0.29, 0.717) is 30.4 Å². The first kappa shape index (κ1) is 14.8. The van der Waals surface area contributed by atoms with Crippen molar-refractivity contribution in [1.29, 1.82) is 5.26 Å². The Morgan fingerprint density at radius 3 is 3.05 bits per heavy atom. The Hall–Kier alpha value is -1.57. The molecule has 20 heavy (non-hydrogen) atoms. The van der Waals surface area contributed by atoms with E-state index in [0.717, 1.165) is 32.5 Å². The van der Waals surface area contributed by atoms with Crippen LogP contribution in [0.5, 0.6) is 5.75 Å². The summed E-state index contributed by atoms with van der Waals surface area (Å²) in [5.74, 6) is 1.10. The minimum Gasteiger partial charge on any atom is -0.492 e. The highest BCUT2D eigenvalue weighted by atomic mass is 16.5. The SMILES string of the molecule is N#Cc1ccccc1OCCCN1CCCC(CO)C1. The first-order valence-corrected chi connectivity index (χ1v) is 7.28. The normalized spacial score (nSPS) is 19.5. The van der Waals surface area contributed by atoms with Gasteiger partial charge in [-0.05, 0) is 43.9 Å². The second-order valence-corrected chi connectivity index (χ2v) is 5.30. The van der Waals surface area contributed by atoms with Gasteiger partial charge in [-0.15, -0.1) is 0 Å². The van der Waals surface area contributed by atoms with Gasteiger partial charge in [0.2, 0.25) is 0 Å². The highest BCUT2D eigenvalue weighted by molar-refractivity contribution is 5.42. The van der Waals surface area contributed by atoms with E-state index < -0.39 is 0 Å². The molecule has 0 aromatic heterocycles. The van der Waals surface area contributed by atoms with Gasteiger partial charge >= 0.3 is 0 Å². The van der Waals surface area contributed by atoms with Crippen molar-refractivity contribution in [1.82, 2.24) is 4.90 Å². The number of nitrogens with zero attached hydrogens (tertiary/aromatic N) is 2. The van der Waals surface area contributed by atoms with Crippen LogP contribution in [-0.4, -0.2) is 42.9 Å². The predicted molar refractivity (Wildman–Crippen MR) is 77.5 cm³/mol. The molecule has 1 fully saturated rings. The summed E-state index contributed by atoms with van der Waals surface area (Å²) in [5.41, 5.74) is 0.589. The van der Waals surface area contributed by atoms with Crippen LogP contribution >= 0.6 is 0 Å². The van der Waals surface area contributed by atoms with Crippen LogP contribution in [0.4, 0.5) is 0 Å². The molecule has 1 atom stereocenters. The monoisotopic (exact) mass is 274 g/mol. The molecule has 1 N–H and O–H groups in total. The Morgan fingerprint density at radius 1 is 1.40 bits per heavy atom. The van der Waals surface area contributed by atoms with Crippen LogP contribution in [0, 0.1) is 17.2 Å². The van der Waals surface area contributed by atoms with Gasteiger partial charge in [-0.1, -0.05) is 12.1 Å². The maximum absolute atomic E-state index is 9.20. The fraction of sp³-hybridized carbons (Fsp3) is 0.562. The van der Waals surface area contributed by atoms with Gasteiger partial charge in [-0.25, -0.2) is 0 Å². The summed E-state index contributed by atoms with van der Waals surface area (Å²) < 4.78 is 5.67. The standard InChI is InChI=1S/C16H22N2O2/c17-11-15-6-1-2-7-16(15)20-10-4-9-18-8-3-5-14(12-18)13-19/h1-2,6-7,14,19H,3-5,8-10,12-13H2. The minimum atomic E-state index is 0.294. The maximum Gasteiger partial charge on any atom is 0.137 e. The van der Waals surface area contributed by atoms with Gasteiger partial charge in [0.05, 0.1) is 12.2 Å². The quantitative estimate of drug-likeness (QED) is 0.806. The molecule has 108 valence electrons. The van der Waals surface area contributed by atoms with Crippen LogP contribution in [0.25, 0.3) is 0 Å². The fourth-order valence-electron chi connectivity index (χ4n) is 2.66. The Labute approximate surface area is 120 Å². The molecule has 1 aromatic carbocycles. The molecule has 0 spiro atoms. The molecular formula is C16H22N2O2. The average Bonchev–Trinajstić information content (AvgIpc) is 2.52. The maximum atomic E-state index is 9.20. The predicted octanol–water partition coefficient (Wildman–Crippen LogP) is 2.03.